The van der Waals surface area contributed by atoms with Crippen molar-refractivity contribution in [2.24, 2.45) is 5.92 Å². The number of ether oxygens (including phenoxy) is 2. The van der Waals surface area contributed by atoms with E-state index in [1.165, 1.54) is 18.4 Å². The third kappa shape index (κ3) is 1.83. The SMILES string of the molecule is O=C1CC[C@@]23OCCN(CC4CC4)[C@@H]2Cc2ccc(O)c4c2[C@H]3[C@H]1O4. The van der Waals surface area contributed by atoms with Crippen LogP contribution in [0.2, 0.25) is 0 Å². The molecule has 0 bridgehead atoms. The quantitative estimate of drug-likeness (QED) is 0.892. The first kappa shape index (κ1) is 14.6. The fraction of sp³-hybridized carbons (Fsp3) is 0.650. The Kier molecular flexibility index (Phi) is 2.78. The van der Waals surface area contributed by atoms with E-state index in [1.807, 2.05) is 6.07 Å². The number of ketones is 1. The molecule has 2 aliphatic heterocycles. The fourth-order valence-electron chi connectivity index (χ4n) is 5.80. The lowest BCUT2D eigenvalue weighted by atomic mass is 9.61. The molecule has 1 aromatic rings. The molecule has 25 heavy (non-hydrogen) atoms. The molecule has 0 amide bonds. The number of phenols is 1. The van der Waals surface area contributed by atoms with Gasteiger partial charge in [0.05, 0.1) is 18.1 Å². The molecule has 1 N–H and O–H groups in total. The Hall–Kier alpha value is -1.59. The van der Waals surface area contributed by atoms with E-state index < -0.39 is 6.10 Å². The number of phenolic OH excluding ortho intramolecular Hbond substituents is 1. The molecule has 2 saturated carbocycles. The first-order chi connectivity index (χ1) is 12.2. The lowest BCUT2D eigenvalue weighted by Gasteiger charge is -2.57. The number of nitrogens with zero attached hydrogens (tertiary/aromatic N) is 1. The molecule has 0 aromatic heterocycles. The summed E-state index contributed by atoms with van der Waals surface area (Å²) in [5, 5.41) is 10.3. The molecule has 3 aliphatic carbocycles. The lowest BCUT2D eigenvalue weighted by molar-refractivity contribution is -0.191. The third-order valence-corrected chi connectivity index (χ3v) is 7.09. The van der Waals surface area contributed by atoms with Gasteiger partial charge in [-0.3, -0.25) is 9.69 Å². The standard InChI is InChI=1S/C20H23NO4/c22-13-4-3-12-9-15-20(24-8-7-21(15)10-11-1-2-11)6-5-14(23)19-17(20)16(12)18(13)25-19/h3-4,11,15,17,19,22H,1-2,5-10H2/t15-,17+,19+,20-/m1/s1. The molecule has 1 saturated heterocycles. The van der Waals surface area contributed by atoms with Crippen LogP contribution in [0.5, 0.6) is 11.5 Å². The Labute approximate surface area is 146 Å². The van der Waals surface area contributed by atoms with Gasteiger partial charge in [0.15, 0.2) is 23.4 Å². The van der Waals surface area contributed by atoms with Gasteiger partial charge in [-0.25, -0.2) is 0 Å². The van der Waals surface area contributed by atoms with Gasteiger partial charge in [-0.1, -0.05) is 6.07 Å². The van der Waals surface area contributed by atoms with E-state index in [-0.39, 0.29) is 23.1 Å². The van der Waals surface area contributed by atoms with Gasteiger partial charge in [0.25, 0.3) is 0 Å². The van der Waals surface area contributed by atoms with Gasteiger partial charge in [0.2, 0.25) is 0 Å². The van der Waals surface area contributed by atoms with Crippen molar-refractivity contribution in [1.29, 1.82) is 0 Å². The minimum atomic E-state index is -0.487. The van der Waals surface area contributed by atoms with Crippen molar-refractivity contribution in [3.8, 4) is 11.5 Å². The van der Waals surface area contributed by atoms with E-state index in [1.54, 1.807) is 6.07 Å². The zero-order valence-electron chi connectivity index (χ0n) is 14.2. The molecular formula is C20H23NO4. The van der Waals surface area contributed by atoms with Crippen molar-refractivity contribution in [1.82, 2.24) is 4.90 Å². The number of hydrogen-bond donors (Lipinski definition) is 1. The Balaban J connectivity index is 1.51. The zero-order valence-corrected chi connectivity index (χ0v) is 14.2. The van der Waals surface area contributed by atoms with Gasteiger partial charge in [0, 0.05) is 31.1 Å². The highest BCUT2D eigenvalue weighted by Gasteiger charge is 2.64. The van der Waals surface area contributed by atoms with Crippen LogP contribution in [0, 0.1) is 5.92 Å². The number of rotatable bonds is 2. The Morgan fingerprint density at radius 2 is 2.20 bits per heavy atom. The largest absolute Gasteiger partial charge is 0.504 e. The molecule has 3 fully saturated rings. The second-order valence-electron chi connectivity index (χ2n) is 8.43. The van der Waals surface area contributed by atoms with Crippen LogP contribution in [0.15, 0.2) is 12.1 Å². The monoisotopic (exact) mass is 341 g/mol. The Bertz CT molecular complexity index is 773. The van der Waals surface area contributed by atoms with Gasteiger partial charge < -0.3 is 14.6 Å². The van der Waals surface area contributed by atoms with Gasteiger partial charge in [-0.15, -0.1) is 0 Å². The predicted molar refractivity (Wildman–Crippen MR) is 90.0 cm³/mol. The molecule has 5 heteroatoms. The van der Waals surface area contributed by atoms with Crippen molar-refractivity contribution in [3.05, 3.63) is 23.3 Å². The fourth-order valence-corrected chi connectivity index (χ4v) is 5.80. The summed E-state index contributed by atoms with van der Waals surface area (Å²) in [4.78, 5) is 15.2. The van der Waals surface area contributed by atoms with Crippen LogP contribution in [0.3, 0.4) is 0 Å². The maximum Gasteiger partial charge on any atom is 0.174 e. The van der Waals surface area contributed by atoms with Crippen LogP contribution in [0.25, 0.3) is 0 Å². The summed E-state index contributed by atoms with van der Waals surface area (Å²) in [7, 11) is 0. The number of Topliss-reactive ketones (excluding diaryl/α,β-unsaturated/α-hetero) is 1. The highest BCUT2D eigenvalue weighted by atomic mass is 16.5. The molecule has 4 atom stereocenters. The van der Waals surface area contributed by atoms with E-state index in [0.717, 1.165) is 44.0 Å². The van der Waals surface area contributed by atoms with E-state index >= 15 is 0 Å². The number of carbonyl (C=O) groups excluding carboxylic acids is 1. The minimum absolute atomic E-state index is 0.0633. The van der Waals surface area contributed by atoms with Crippen LogP contribution in [-0.2, 0) is 16.0 Å². The van der Waals surface area contributed by atoms with Crippen LogP contribution in [-0.4, -0.2) is 53.2 Å². The van der Waals surface area contributed by atoms with Gasteiger partial charge in [-0.2, -0.15) is 0 Å². The van der Waals surface area contributed by atoms with Gasteiger partial charge in [-0.05, 0) is 43.2 Å². The van der Waals surface area contributed by atoms with E-state index in [4.69, 9.17) is 9.47 Å². The van der Waals surface area contributed by atoms with Crippen molar-refractivity contribution < 1.29 is 19.4 Å². The number of morpholine rings is 1. The summed E-state index contributed by atoms with van der Waals surface area (Å²) in [6, 6.07) is 4.05. The molecule has 0 unspecified atom stereocenters. The predicted octanol–water partition coefficient (Wildman–Crippen LogP) is 2.01. The van der Waals surface area contributed by atoms with Crippen LogP contribution < -0.4 is 4.74 Å². The highest BCUT2D eigenvalue weighted by Crippen LogP contribution is 2.60. The number of hydrogen-bond acceptors (Lipinski definition) is 5. The first-order valence-electron chi connectivity index (χ1n) is 9.59. The summed E-state index contributed by atoms with van der Waals surface area (Å²) in [5.74, 6) is 1.61. The molecule has 0 radical (unpaired) electrons. The number of benzene rings is 1. The van der Waals surface area contributed by atoms with Gasteiger partial charge in [0.1, 0.15) is 0 Å². The highest BCUT2D eigenvalue weighted by molar-refractivity contribution is 5.88. The molecule has 132 valence electrons. The first-order valence-corrected chi connectivity index (χ1v) is 9.59. The summed E-state index contributed by atoms with van der Waals surface area (Å²) >= 11 is 0. The van der Waals surface area contributed by atoms with Crippen LogP contribution >= 0.6 is 0 Å². The number of aromatic hydroxyl groups is 1. The molecule has 1 aromatic carbocycles. The average molecular weight is 341 g/mol. The van der Waals surface area contributed by atoms with Crippen molar-refractivity contribution in [2.75, 3.05) is 19.7 Å². The second kappa shape index (κ2) is 4.77. The Morgan fingerprint density at radius 3 is 3.04 bits per heavy atom. The molecule has 2 heterocycles. The van der Waals surface area contributed by atoms with Crippen LogP contribution in [0.4, 0.5) is 0 Å². The third-order valence-electron chi connectivity index (χ3n) is 7.09. The van der Waals surface area contributed by atoms with Crippen molar-refractivity contribution in [2.45, 2.75) is 55.8 Å². The smallest absolute Gasteiger partial charge is 0.174 e. The topological polar surface area (TPSA) is 59.0 Å². The molecule has 1 spiro atoms. The minimum Gasteiger partial charge on any atom is -0.504 e. The van der Waals surface area contributed by atoms with Crippen LogP contribution in [0.1, 0.15) is 42.7 Å². The summed E-state index contributed by atoms with van der Waals surface area (Å²) in [5.41, 5.74) is 1.93. The zero-order chi connectivity index (χ0) is 16.8. The maximum atomic E-state index is 12.6. The average Bonchev–Trinajstić information content (AvgIpc) is 3.32. The number of carbonyl (C=O) groups is 1. The Morgan fingerprint density at radius 1 is 1.32 bits per heavy atom. The molecule has 6 rings (SSSR count). The van der Waals surface area contributed by atoms with E-state index in [2.05, 4.69) is 4.90 Å². The lowest BCUT2D eigenvalue weighted by Crippen LogP contribution is -2.68. The maximum absolute atomic E-state index is 12.6. The van der Waals surface area contributed by atoms with Gasteiger partial charge >= 0.3 is 0 Å². The summed E-state index contributed by atoms with van der Waals surface area (Å²) in [6.07, 6.45) is 4.42. The normalized spacial score (nSPS) is 38.9. The molecule has 5 aliphatic rings. The van der Waals surface area contributed by atoms with Crippen molar-refractivity contribution in [3.63, 3.8) is 0 Å². The molecular weight excluding hydrogens is 318 g/mol. The van der Waals surface area contributed by atoms with Crippen molar-refractivity contribution >= 4 is 5.78 Å². The second-order valence-corrected chi connectivity index (χ2v) is 8.43. The van der Waals surface area contributed by atoms with E-state index in [0.29, 0.717) is 18.2 Å². The molecule has 5 nitrogen and oxygen atoms in total. The summed E-state index contributed by atoms with van der Waals surface area (Å²) in [6.45, 7) is 2.86. The summed E-state index contributed by atoms with van der Waals surface area (Å²) < 4.78 is 12.5. The van der Waals surface area contributed by atoms with E-state index in [9.17, 15) is 9.90 Å².